The van der Waals surface area contributed by atoms with E-state index in [2.05, 4.69) is 4.98 Å². The zero-order valence-corrected chi connectivity index (χ0v) is 10.7. The van der Waals surface area contributed by atoms with E-state index in [1.807, 2.05) is 0 Å². The molecule has 0 unspecified atom stereocenters. The summed E-state index contributed by atoms with van der Waals surface area (Å²) in [6.45, 7) is 0.164. The molecular formula is C12H10F4N2S. The van der Waals surface area contributed by atoms with Crippen LogP contribution in [0.5, 0.6) is 0 Å². The molecule has 2 aromatic rings. The van der Waals surface area contributed by atoms with Crippen molar-refractivity contribution in [1.82, 2.24) is 4.98 Å². The number of hydrogen-bond donors (Lipinski definition) is 0. The molecule has 1 aromatic heterocycles. The number of alkyl halides is 3. The lowest BCUT2D eigenvalue weighted by Gasteiger charge is -2.16. The first-order chi connectivity index (χ1) is 8.88. The number of nitrogens with zero attached hydrogens (tertiary/aromatic N) is 2. The molecule has 0 saturated carbocycles. The van der Waals surface area contributed by atoms with Crippen molar-refractivity contribution in [2.24, 2.45) is 0 Å². The molecule has 1 aromatic carbocycles. The first-order valence-electron chi connectivity index (χ1n) is 5.35. The highest BCUT2D eigenvalue weighted by atomic mass is 32.1. The third-order valence-electron chi connectivity index (χ3n) is 2.47. The van der Waals surface area contributed by atoms with Crippen molar-refractivity contribution in [2.75, 3.05) is 11.9 Å². The number of rotatable bonds is 3. The largest absolute Gasteiger partial charge is 0.434 e. The van der Waals surface area contributed by atoms with E-state index >= 15 is 0 Å². The summed E-state index contributed by atoms with van der Waals surface area (Å²) in [4.78, 5) is 4.99. The second-order valence-corrected chi connectivity index (χ2v) is 4.80. The number of hydrogen-bond acceptors (Lipinski definition) is 3. The first kappa shape index (κ1) is 13.8. The van der Waals surface area contributed by atoms with Crippen LogP contribution in [0.15, 0.2) is 29.6 Å². The fourth-order valence-corrected chi connectivity index (χ4v) is 2.32. The summed E-state index contributed by atoms with van der Waals surface area (Å²) >= 11 is 0.882. The molecule has 0 aliphatic carbocycles. The molecule has 0 spiro atoms. The van der Waals surface area contributed by atoms with E-state index in [1.54, 1.807) is 25.2 Å². The van der Waals surface area contributed by atoms with Gasteiger partial charge >= 0.3 is 6.18 Å². The van der Waals surface area contributed by atoms with Crippen LogP contribution < -0.4 is 4.90 Å². The van der Waals surface area contributed by atoms with E-state index in [9.17, 15) is 17.6 Å². The minimum atomic E-state index is -4.45. The third-order valence-corrected chi connectivity index (χ3v) is 3.43. The monoisotopic (exact) mass is 290 g/mol. The standard InChI is InChI=1S/C12H10F4N2S/c1-18(6-8-4-2-3-5-9(8)13)11-17-10(7-19-11)12(14,15)16/h2-5,7H,6H2,1H3. The van der Waals surface area contributed by atoms with Crippen molar-refractivity contribution in [2.45, 2.75) is 12.7 Å². The molecule has 19 heavy (non-hydrogen) atoms. The molecule has 0 aliphatic rings. The van der Waals surface area contributed by atoms with Crippen molar-refractivity contribution in [3.63, 3.8) is 0 Å². The molecule has 0 aliphatic heterocycles. The van der Waals surface area contributed by atoms with Gasteiger partial charge < -0.3 is 4.90 Å². The van der Waals surface area contributed by atoms with Crippen LogP contribution in [0.25, 0.3) is 0 Å². The van der Waals surface area contributed by atoms with Gasteiger partial charge in [-0.1, -0.05) is 18.2 Å². The van der Waals surface area contributed by atoms with Gasteiger partial charge in [0.05, 0.1) is 0 Å². The Morgan fingerprint density at radius 1 is 1.26 bits per heavy atom. The molecule has 0 saturated heterocycles. The Morgan fingerprint density at radius 3 is 2.53 bits per heavy atom. The maximum Gasteiger partial charge on any atom is 0.434 e. The predicted octanol–water partition coefficient (Wildman–Crippen LogP) is 3.94. The van der Waals surface area contributed by atoms with Gasteiger partial charge in [-0.15, -0.1) is 11.3 Å². The fraction of sp³-hybridized carbons (Fsp3) is 0.250. The summed E-state index contributed by atoms with van der Waals surface area (Å²) < 4.78 is 50.7. The van der Waals surface area contributed by atoms with Gasteiger partial charge in [-0.25, -0.2) is 9.37 Å². The van der Waals surface area contributed by atoms with Gasteiger partial charge in [-0.3, -0.25) is 0 Å². The molecule has 102 valence electrons. The molecule has 0 atom stereocenters. The van der Waals surface area contributed by atoms with Crippen LogP contribution in [0, 0.1) is 5.82 Å². The van der Waals surface area contributed by atoms with Crippen LogP contribution >= 0.6 is 11.3 Å². The van der Waals surface area contributed by atoms with Crippen LogP contribution in [0.3, 0.4) is 0 Å². The number of benzene rings is 1. The van der Waals surface area contributed by atoms with Gasteiger partial charge in [0.2, 0.25) is 0 Å². The zero-order valence-electron chi connectivity index (χ0n) is 9.91. The fourth-order valence-electron chi connectivity index (χ4n) is 1.52. The second kappa shape index (κ2) is 5.16. The highest BCUT2D eigenvalue weighted by molar-refractivity contribution is 7.13. The summed E-state index contributed by atoms with van der Waals surface area (Å²) in [7, 11) is 1.57. The van der Waals surface area contributed by atoms with Crippen molar-refractivity contribution in [1.29, 1.82) is 0 Å². The number of halogens is 4. The molecule has 7 heteroatoms. The van der Waals surface area contributed by atoms with Gasteiger partial charge in [0.25, 0.3) is 0 Å². The minimum Gasteiger partial charge on any atom is -0.347 e. The number of thiazole rings is 1. The van der Waals surface area contributed by atoms with Gasteiger partial charge in [0.1, 0.15) is 5.82 Å². The van der Waals surface area contributed by atoms with Crippen LogP contribution in [0.1, 0.15) is 11.3 Å². The van der Waals surface area contributed by atoms with Crippen molar-refractivity contribution >= 4 is 16.5 Å². The van der Waals surface area contributed by atoms with E-state index in [4.69, 9.17) is 0 Å². The maximum absolute atomic E-state index is 13.4. The average molecular weight is 290 g/mol. The summed E-state index contributed by atoms with van der Waals surface area (Å²) in [6, 6.07) is 6.13. The van der Waals surface area contributed by atoms with E-state index in [-0.39, 0.29) is 17.5 Å². The summed E-state index contributed by atoms with van der Waals surface area (Å²) in [5.74, 6) is -0.387. The Balaban J connectivity index is 2.15. The highest BCUT2D eigenvalue weighted by Crippen LogP contribution is 2.33. The lowest BCUT2D eigenvalue weighted by molar-refractivity contribution is -0.140. The zero-order chi connectivity index (χ0) is 14.0. The maximum atomic E-state index is 13.4. The molecule has 0 fully saturated rings. The van der Waals surface area contributed by atoms with Gasteiger partial charge in [-0.2, -0.15) is 13.2 Å². The van der Waals surface area contributed by atoms with Crippen LogP contribution in [0.4, 0.5) is 22.7 Å². The highest BCUT2D eigenvalue weighted by Gasteiger charge is 2.34. The number of anilines is 1. The molecule has 0 N–H and O–H groups in total. The average Bonchev–Trinajstić information content (AvgIpc) is 2.81. The Kier molecular flexibility index (Phi) is 3.75. The Labute approximate surface area is 111 Å². The second-order valence-electron chi connectivity index (χ2n) is 3.96. The van der Waals surface area contributed by atoms with Crippen LogP contribution in [-0.4, -0.2) is 12.0 Å². The Morgan fingerprint density at radius 2 is 1.95 bits per heavy atom. The van der Waals surface area contributed by atoms with Gasteiger partial charge in [0, 0.05) is 24.5 Å². The molecule has 0 bridgehead atoms. The van der Waals surface area contributed by atoms with Crippen molar-refractivity contribution < 1.29 is 17.6 Å². The summed E-state index contributed by atoms with van der Waals surface area (Å²) in [5, 5.41) is 1.16. The normalized spacial score (nSPS) is 11.6. The molecule has 0 radical (unpaired) electrons. The van der Waals surface area contributed by atoms with Crippen molar-refractivity contribution in [3.05, 3.63) is 46.7 Å². The summed E-state index contributed by atoms with van der Waals surface area (Å²) in [5.41, 5.74) is -0.512. The topological polar surface area (TPSA) is 16.1 Å². The SMILES string of the molecule is CN(Cc1ccccc1F)c1nc(C(F)(F)F)cs1. The molecular weight excluding hydrogens is 280 g/mol. The predicted molar refractivity (Wildman–Crippen MR) is 65.6 cm³/mol. The van der Waals surface area contributed by atoms with Gasteiger partial charge in [0.15, 0.2) is 10.8 Å². The van der Waals surface area contributed by atoms with E-state index in [1.165, 1.54) is 11.0 Å². The molecule has 0 amide bonds. The van der Waals surface area contributed by atoms with Crippen LogP contribution in [0.2, 0.25) is 0 Å². The quantitative estimate of drug-likeness (QED) is 0.796. The molecule has 2 rings (SSSR count). The van der Waals surface area contributed by atoms with E-state index in [0.29, 0.717) is 5.56 Å². The molecule has 1 heterocycles. The lowest BCUT2D eigenvalue weighted by Crippen LogP contribution is -2.17. The Hall–Kier alpha value is -1.63. The van der Waals surface area contributed by atoms with E-state index in [0.717, 1.165) is 16.7 Å². The van der Waals surface area contributed by atoms with E-state index < -0.39 is 11.9 Å². The number of aromatic nitrogens is 1. The smallest absolute Gasteiger partial charge is 0.347 e. The summed E-state index contributed by atoms with van der Waals surface area (Å²) in [6.07, 6.45) is -4.45. The van der Waals surface area contributed by atoms with Crippen molar-refractivity contribution in [3.8, 4) is 0 Å². The minimum absolute atomic E-state index is 0.164. The van der Waals surface area contributed by atoms with Crippen LogP contribution in [-0.2, 0) is 12.7 Å². The third kappa shape index (κ3) is 3.23. The van der Waals surface area contributed by atoms with Gasteiger partial charge in [-0.05, 0) is 6.07 Å². The first-order valence-corrected chi connectivity index (χ1v) is 6.23. The lowest BCUT2D eigenvalue weighted by atomic mass is 10.2. The molecule has 2 nitrogen and oxygen atoms in total. The Bertz CT molecular complexity index is 565.